The van der Waals surface area contributed by atoms with E-state index in [-0.39, 0.29) is 0 Å². The van der Waals surface area contributed by atoms with Gasteiger partial charge in [-0.3, -0.25) is 0 Å². The Hall–Kier alpha value is -1.39. The summed E-state index contributed by atoms with van der Waals surface area (Å²) in [6.07, 6.45) is 4.23. The zero-order valence-corrected chi connectivity index (χ0v) is 11.9. The Morgan fingerprint density at radius 3 is 2.84 bits per heavy atom. The minimum atomic E-state index is 0.571. The fourth-order valence-corrected chi connectivity index (χ4v) is 2.33. The second-order valence-electron chi connectivity index (χ2n) is 4.87. The van der Waals surface area contributed by atoms with E-state index in [1.54, 1.807) is 7.11 Å². The van der Waals surface area contributed by atoms with Gasteiger partial charge >= 0.3 is 0 Å². The van der Waals surface area contributed by atoms with Crippen LogP contribution in [0.5, 0.6) is 0 Å². The Balaban J connectivity index is 2.14. The fourth-order valence-electron chi connectivity index (χ4n) is 2.33. The maximum atomic E-state index is 5.76. The van der Waals surface area contributed by atoms with Crippen LogP contribution in [0.3, 0.4) is 0 Å². The van der Waals surface area contributed by atoms with Gasteiger partial charge in [-0.05, 0) is 36.1 Å². The van der Waals surface area contributed by atoms with Gasteiger partial charge in [-0.1, -0.05) is 13.0 Å². The molecule has 0 unspecified atom stereocenters. The molecule has 0 atom stereocenters. The average molecular weight is 261 g/mol. The summed E-state index contributed by atoms with van der Waals surface area (Å²) in [5, 5.41) is 0. The quantitative estimate of drug-likeness (QED) is 0.822. The van der Waals surface area contributed by atoms with Gasteiger partial charge in [-0.2, -0.15) is 0 Å². The zero-order valence-electron chi connectivity index (χ0n) is 11.9. The minimum Gasteiger partial charge on any atom is -0.380 e. The summed E-state index contributed by atoms with van der Waals surface area (Å²) in [6, 6.07) is 4.20. The normalized spacial score (nSPS) is 15.5. The van der Waals surface area contributed by atoms with E-state index in [0.717, 1.165) is 49.6 Å². The summed E-state index contributed by atoms with van der Waals surface area (Å²) in [4.78, 5) is 7.01. The highest BCUT2D eigenvalue weighted by Crippen LogP contribution is 2.20. The molecule has 0 bridgehead atoms. The Morgan fingerprint density at radius 2 is 2.26 bits per heavy atom. The lowest BCUT2D eigenvalue weighted by molar-refractivity contribution is 0.222. The standard InChI is InChI=1S/C15H23N3O/c1-3-14-8-13(10-16)9-15(17-14)18-6-4-12(5-7-18)11-19-2/h4,8-9H,3,5-7,10-11,16H2,1-2H3. The zero-order chi connectivity index (χ0) is 13.7. The number of methoxy groups -OCH3 is 1. The topological polar surface area (TPSA) is 51.4 Å². The van der Waals surface area contributed by atoms with Crippen molar-refractivity contribution in [1.82, 2.24) is 4.98 Å². The van der Waals surface area contributed by atoms with E-state index >= 15 is 0 Å². The third-order valence-electron chi connectivity index (χ3n) is 3.48. The van der Waals surface area contributed by atoms with Crippen LogP contribution in [0.2, 0.25) is 0 Å². The van der Waals surface area contributed by atoms with Crippen molar-refractivity contribution >= 4 is 5.82 Å². The summed E-state index contributed by atoms with van der Waals surface area (Å²) in [7, 11) is 1.74. The number of ether oxygens (including phenoxy) is 1. The number of aryl methyl sites for hydroxylation is 1. The molecule has 1 aliphatic heterocycles. The molecule has 0 fully saturated rings. The molecule has 0 saturated heterocycles. The van der Waals surface area contributed by atoms with Gasteiger partial charge in [0.15, 0.2) is 0 Å². The van der Waals surface area contributed by atoms with Crippen molar-refractivity contribution in [3.63, 3.8) is 0 Å². The number of hydrogen-bond donors (Lipinski definition) is 1. The molecule has 1 aromatic heterocycles. The largest absolute Gasteiger partial charge is 0.380 e. The molecule has 0 saturated carbocycles. The molecule has 1 aromatic rings. The maximum absolute atomic E-state index is 5.76. The number of aromatic nitrogens is 1. The molecule has 0 aromatic carbocycles. The van der Waals surface area contributed by atoms with Crippen LogP contribution < -0.4 is 10.6 Å². The number of nitrogens with two attached hydrogens (primary N) is 1. The van der Waals surface area contributed by atoms with E-state index in [1.807, 2.05) is 0 Å². The molecular formula is C15H23N3O. The van der Waals surface area contributed by atoms with Gasteiger partial charge in [-0.25, -0.2) is 4.98 Å². The van der Waals surface area contributed by atoms with Gasteiger partial charge in [0.25, 0.3) is 0 Å². The first-order valence-corrected chi connectivity index (χ1v) is 6.88. The van der Waals surface area contributed by atoms with Gasteiger partial charge in [0.1, 0.15) is 5.82 Å². The van der Waals surface area contributed by atoms with Gasteiger partial charge in [0, 0.05) is 32.4 Å². The van der Waals surface area contributed by atoms with E-state index in [4.69, 9.17) is 15.5 Å². The highest BCUT2D eigenvalue weighted by molar-refractivity contribution is 5.45. The molecular weight excluding hydrogens is 238 g/mol. The predicted molar refractivity (Wildman–Crippen MR) is 78.3 cm³/mol. The molecule has 4 nitrogen and oxygen atoms in total. The summed E-state index contributed by atoms with van der Waals surface area (Å²) in [5.41, 5.74) is 9.41. The fraction of sp³-hybridized carbons (Fsp3) is 0.533. The third kappa shape index (κ3) is 3.55. The van der Waals surface area contributed by atoms with E-state index in [1.165, 1.54) is 5.57 Å². The average Bonchev–Trinajstić information content (AvgIpc) is 2.47. The smallest absolute Gasteiger partial charge is 0.129 e. The molecule has 0 radical (unpaired) electrons. The predicted octanol–water partition coefficient (Wildman–Crippen LogP) is 1.89. The molecule has 2 heterocycles. The van der Waals surface area contributed by atoms with E-state index in [2.05, 4.69) is 30.0 Å². The number of pyridine rings is 1. The Kier molecular flexibility index (Phi) is 4.93. The van der Waals surface area contributed by atoms with E-state index in [9.17, 15) is 0 Å². The number of hydrogen-bond acceptors (Lipinski definition) is 4. The van der Waals surface area contributed by atoms with Crippen LogP contribution in [0, 0.1) is 0 Å². The lowest BCUT2D eigenvalue weighted by atomic mass is 10.1. The first kappa shape index (κ1) is 14.0. The first-order valence-electron chi connectivity index (χ1n) is 6.88. The molecule has 1 aliphatic rings. The van der Waals surface area contributed by atoms with Crippen LogP contribution in [0.15, 0.2) is 23.8 Å². The van der Waals surface area contributed by atoms with E-state index in [0.29, 0.717) is 6.54 Å². The van der Waals surface area contributed by atoms with Crippen LogP contribution >= 0.6 is 0 Å². The summed E-state index contributed by atoms with van der Waals surface area (Å²) in [6.45, 7) is 5.34. The second-order valence-corrected chi connectivity index (χ2v) is 4.87. The van der Waals surface area contributed by atoms with Crippen molar-refractivity contribution in [2.75, 3.05) is 31.7 Å². The highest BCUT2D eigenvalue weighted by atomic mass is 16.5. The summed E-state index contributed by atoms with van der Waals surface area (Å²) in [5.74, 6) is 1.05. The Labute approximate surface area is 115 Å². The van der Waals surface area contributed by atoms with E-state index < -0.39 is 0 Å². The monoisotopic (exact) mass is 261 g/mol. The molecule has 0 aliphatic carbocycles. The number of anilines is 1. The van der Waals surface area contributed by atoms with Crippen LogP contribution in [0.25, 0.3) is 0 Å². The van der Waals surface area contributed by atoms with Crippen LogP contribution in [0.4, 0.5) is 5.82 Å². The lowest BCUT2D eigenvalue weighted by Gasteiger charge is -2.28. The van der Waals surface area contributed by atoms with Crippen molar-refractivity contribution < 1.29 is 4.74 Å². The molecule has 0 amide bonds. The van der Waals surface area contributed by atoms with Crippen molar-refractivity contribution in [2.45, 2.75) is 26.3 Å². The summed E-state index contributed by atoms with van der Waals surface area (Å²) < 4.78 is 5.18. The van der Waals surface area contributed by atoms with Gasteiger partial charge in [0.2, 0.25) is 0 Å². The van der Waals surface area contributed by atoms with Crippen molar-refractivity contribution in [3.05, 3.63) is 35.0 Å². The Bertz CT molecular complexity index is 434. The molecule has 2 N–H and O–H groups in total. The molecule has 19 heavy (non-hydrogen) atoms. The molecule has 0 spiro atoms. The molecule has 2 rings (SSSR count). The SMILES string of the molecule is CCc1cc(CN)cc(N2CC=C(COC)CC2)n1. The van der Waals surface area contributed by atoms with Gasteiger partial charge < -0.3 is 15.4 Å². The van der Waals surface area contributed by atoms with Crippen molar-refractivity contribution in [2.24, 2.45) is 5.73 Å². The third-order valence-corrected chi connectivity index (χ3v) is 3.48. The lowest BCUT2D eigenvalue weighted by Crippen LogP contribution is -2.30. The van der Waals surface area contributed by atoms with Crippen LogP contribution in [0.1, 0.15) is 24.6 Å². The number of rotatable bonds is 5. The highest BCUT2D eigenvalue weighted by Gasteiger charge is 2.14. The van der Waals surface area contributed by atoms with Gasteiger partial charge in [0.05, 0.1) is 6.61 Å². The van der Waals surface area contributed by atoms with Crippen LogP contribution in [-0.2, 0) is 17.7 Å². The number of nitrogens with zero attached hydrogens (tertiary/aromatic N) is 2. The van der Waals surface area contributed by atoms with Crippen molar-refractivity contribution in [3.8, 4) is 0 Å². The van der Waals surface area contributed by atoms with Gasteiger partial charge in [-0.15, -0.1) is 0 Å². The molecule has 4 heteroatoms. The second kappa shape index (κ2) is 6.68. The maximum Gasteiger partial charge on any atom is 0.129 e. The van der Waals surface area contributed by atoms with Crippen molar-refractivity contribution in [1.29, 1.82) is 0 Å². The first-order chi connectivity index (χ1) is 9.26. The van der Waals surface area contributed by atoms with Crippen LogP contribution in [-0.4, -0.2) is 31.8 Å². The summed E-state index contributed by atoms with van der Waals surface area (Å²) >= 11 is 0. The molecule has 104 valence electrons. The minimum absolute atomic E-state index is 0.571. The Morgan fingerprint density at radius 1 is 1.42 bits per heavy atom.